The number of nitro benzene ring substituents is 1. The maximum Gasteiger partial charge on any atom is 0.269 e. The molecule has 2 aliphatic heterocycles. The number of thioether (sulfide) groups is 1. The number of benzene rings is 2. The van der Waals surface area contributed by atoms with Crippen LogP contribution < -0.4 is 0 Å². The van der Waals surface area contributed by atoms with E-state index >= 15 is 0 Å². The van der Waals surface area contributed by atoms with Gasteiger partial charge in [-0.3, -0.25) is 19.7 Å². The lowest BCUT2D eigenvalue weighted by Gasteiger charge is -2.44. The molecule has 0 radical (unpaired) electrons. The Bertz CT molecular complexity index is 988. The highest BCUT2D eigenvalue weighted by molar-refractivity contribution is 8.00. The third-order valence-corrected chi connectivity index (χ3v) is 8.07. The van der Waals surface area contributed by atoms with Crippen molar-refractivity contribution < 1.29 is 14.5 Å². The zero-order valence-electron chi connectivity index (χ0n) is 18.1. The molecular weight excluding hydrogens is 426 g/mol. The Hall–Kier alpha value is -2.87. The second-order valence-corrected chi connectivity index (χ2v) is 9.71. The first kappa shape index (κ1) is 22.3. The zero-order valence-corrected chi connectivity index (χ0v) is 18.9. The van der Waals surface area contributed by atoms with Gasteiger partial charge in [-0.05, 0) is 37.0 Å². The molecule has 0 aliphatic carbocycles. The molecular formula is C24H27N3O4S. The number of amides is 2. The van der Waals surface area contributed by atoms with Crippen LogP contribution in [0, 0.1) is 10.1 Å². The Morgan fingerprint density at radius 1 is 1.06 bits per heavy atom. The quantitative estimate of drug-likeness (QED) is 0.498. The zero-order chi connectivity index (χ0) is 22.7. The van der Waals surface area contributed by atoms with Crippen LogP contribution in [0.15, 0.2) is 54.6 Å². The van der Waals surface area contributed by atoms with E-state index in [0.29, 0.717) is 25.2 Å². The van der Waals surface area contributed by atoms with Crippen molar-refractivity contribution in [3.8, 4) is 0 Å². The number of nitrogens with zero attached hydrogens (tertiary/aromatic N) is 3. The molecule has 168 valence electrons. The van der Waals surface area contributed by atoms with Crippen LogP contribution in [0.1, 0.15) is 48.0 Å². The summed E-state index contributed by atoms with van der Waals surface area (Å²) in [6.45, 7) is 3.94. The van der Waals surface area contributed by atoms with Gasteiger partial charge in [0, 0.05) is 43.1 Å². The van der Waals surface area contributed by atoms with Gasteiger partial charge in [0.05, 0.1) is 15.7 Å². The molecule has 2 aliphatic rings. The molecule has 7 nitrogen and oxygen atoms in total. The average Bonchev–Trinajstić information content (AvgIpc) is 3.23. The van der Waals surface area contributed by atoms with Crippen LogP contribution in [-0.2, 0) is 4.79 Å². The van der Waals surface area contributed by atoms with Crippen molar-refractivity contribution in [1.82, 2.24) is 9.80 Å². The smallest absolute Gasteiger partial charge is 0.269 e. The summed E-state index contributed by atoms with van der Waals surface area (Å²) in [4.78, 5) is 40.4. The molecule has 0 N–H and O–H groups in total. The van der Waals surface area contributed by atoms with Crippen LogP contribution in [0.4, 0.5) is 5.69 Å². The summed E-state index contributed by atoms with van der Waals surface area (Å²) in [5.41, 5.74) is 1.49. The van der Waals surface area contributed by atoms with E-state index in [2.05, 4.69) is 0 Å². The molecule has 2 aromatic rings. The maximum atomic E-state index is 13.2. The molecule has 4 rings (SSSR count). The third-order valence-electron chi connectivity index (χ3n) is 6.51. The molecule has 0 saturated carbocycles. The lowest BCUT2D eigenvalue weighted by molar-refractivity contribution is -0.384. The van der Waals surface area contributed by atoms with E-state index < -0.39 is 4.92 Å². The lowest BCUT2D eigenvalue weighted by atomic mass is 9.93. The molecule has 2 saturated heterocycles. The summed E-state index contributed by atoms with van der Waals surface area (Å²) >= 11 is 1.79. The standard InChI is InChI=1S/C24H27N3O4S/c1-2-21(18-6-4-3-5-7-18)23(29)25-14-12-24(13-15-25)26(16-17-32-24)22(28)19-8-10-20(11-9-19)27(30)31/h3-11,21H,2,12-17H2,1H3. The third kappa shape index (κ3) is 4.24. The first-order chi connectivity index (χ1) is 15.4. The summed E-state index contributed by atoms with van der Waals surface area (Å²) in [6.07, 6.45) is 2.21. The number of piperidine rings is 1. The van der Waals surface area contributed by atoms with Gasteiger partial charge in [0.1, 0.15) is 0 Å². The Morgan fingerprint density at radius 3 is 2.31 bits per heavy atom. The number of carbonyl (C=O) groups excluding carboxylic acids is 2. The summed E-state index contributed by atoms with van der Waals surface area (Å²) < 4.78 is 0. The van der Waals surface area contributed by atoms with Gasteiger partial charge in [0.25, 0.3) is 11.6 Å². The Kier molecular flexibility index (Phi) is 6.50. The first-order valence-corrected chi connectivity index (χ1v) is 12.0. The predicted octanol–water partition coefficient (Wildman–Crippen LogP) is 4.30. The second-order valence-electron chi connectivity index (χ2n) is 8.25. The highest BCUT2D eigenvalue weighted by Gasteiger charge is 2.47. The molecule has 2 amide bonds. The normalized spacial score (nSPS) is 18.5. The number of non-ortho nitro benzene ring substituents is 1. The molecule has 1 spiro atoms. The van der Waals surface area contributed by atoms with Gasteiger partial charge in [-0.2, -0.15) is 0 Å². The number of rotatable bonds is 5. The van der Waals surface area contributed by atoms with E-state index in [0.717, 1.165) is 30.6 Å². The van der Waals surface area contributed by atoms with Crippen molar-refractivity contribution in [2.75, 3.05) is 25.4 Å². The van der Waals surface area contributed by atoms with Gasteiger partial charge >= 0.3 is 0 Å². The van der Waals surface area contributed by atoms with Crippen LogP contribution in [0.25, 0.3) is 0 Å². The van der Waals surface area contributed by atoms with E-state index in [4.69, 9.17) is 0 Å². The van der Waals surface area contributed by atoms with Gasteiger partial charge in [-0.25, -0.2) is 0 Å². The SMILES string of the molecule is CCC(C(=O)N1CCC2(CC1)SCCN2C(=O)c1ccc([N+](=O)[O-])cc1)c1ccccc1. The molecule has 0 aromatic heterocycles. The molecule has 2 heterocycles. The van der Waals surface area contributed by atoms with Gasteiger partial charge < -0.3 is 9.80 Å². The lowest BCUT2D eigenvalue weighted by Crippen LogP contribution is -2.54. The fourth-order valence-corrected chi connectivity index (χ4v) is 6.18. The van der Waals surface area contributed by atoms with E-state index in [1.54, 1.807) is 11.8 Å². The van der Waals surface area contributed by atoms with E-state index in [-0.39, 0.29) is 28.3 Å². The Balaban J connectivity index is 1.45. The molecule has 0 bridgehead atoms. The van der Waals surface area contributed by atoms with E-state index in [1.165, 1.54) is 24.3 Å². The number of carbonyl (C=O) groups is 2. The van der Waals surface area contributed by atoms with Crippen LogP contribution in [0.2, 0.25) is 0 Å². The fraction of sp³-hybridized carbons (Fsp3) is 0.417. The second kappa shape index (κ2) is 9.32. The minimum absolute atomic E-state index is 0.0252. The highest BCUT2D eigenvalue weighted by atomic mass is 32.2. The maximum absolute atomic E-state index is 13.2. The van der Waals surface area contributed by atoms with Crippen molar-refractivity contribution in [2.45, 2.75) is 37.0 Å². The summed E-state index contributed by atoms with van der Waals surface area (Å²) in [5, 5.41) is 10.9. The van der Waals surface area contributed by atoms with Crippen LogP contribution in [-0.4, -0.2) is 56.8 Å². The molecule has 32 heavy (non-hydrogen) atoms. The van der Waals surface area contributed by atoms with Crippen LogP contribution in [0.3, 0.4) is 0 Å². The highest BCUT2D eigenvalue weighted by Crippen LogP contribution is 2.45. The van der Waals surface area contributed by atoms with Crippen molar-refractivity contribution >= 4 is 29.3 Å². The average molecular weight is 454 g/mol. The largest absolute Gasteiger partial charge is 0.342 e. The molecule has 2 fully saturated rings. The Labute approximate surface area is 191 Å². The number of likely N-dealkylation sites (tertiary alicyclic amines) is 1. The van der Waals surface area contributed by atoms with Crippen molar-refractivity contribution in [3.05, 3.63) is 75.8 Å². The first-order valence-electron chi connectivity index (χ1n) is 11.0. The summed E-state index contributed by atoms with van der Waals surface area (Å²) in [5.74, 6) is 0.776. The number of hydrogen-bond acceptors (Lipinski definition) is 5. The van der Waals surface area contributed by atoms with Crippen LogP contribution in [0.5, 0.6) is 0 Å². The predicted molar refractivity (Wildman–Crippen MR) is 125 cm³/mol. The van der Waals surface area contributed by atoms with Crippen molar-refractivity contribution in [3.63, 3.8) is 0 Å². The molecule has 1 atom stereocenters. The summed E-state index contributed by atoms with van der Waals surface area (Å²) in [7, 11) is 0. The minimum Gasteiger partial charge on any atom is -0.342 e. The fourth-order valence-electron chi connectivity index (χ4n) is 4.73. The topological polar surface area (TPSA) is 83.8 Å². The van der Waals surface area contributed by atoms with E-state index in [1.807, 2.05) is 47.1 Å². The number of nitro groups is 1. The molecule has 1 unspecified atom stereocenters. The van der Waals surface area contributed by atoms with Gasteiger partial charge in [0.15, 0.2) is 0 Å². The van der Waals surface area contributed by atoms with Crippen molar-refractivity contribution in [1.29, 1.82) is 0 Å². The monoisotopic (exact) mass is 453 g/mol. The van der Waals surface area contributed by atoms with E-state index in [9.17, 15) is 19.7 Å². The van der Waals surface area contributed by atoms with Gasteiger partial charge in [0.2, 0.25) is 5.91 Å². The van der Waals surface area contributed by atoms with Crippen molar-refractivity contribution in [2.24, 2.45) is 0 Å². The Morgan fingerprint density at radius 2 is 1.72 bits per heavy atom. The minimum atomic E-state index is -0.465. The summed E-state index contributed by atoms with van der Waals surface area (Å²) in [6, 6.07) is 15.7. The molecule has 2 aromatic carbocycles. The molecule has 8 heteroatoms. The van der Waals surface area contributed by atoms with Gasteiger partial charge in [-0.1, -0.05) is 37.3 Å². The van der Waals surface area contributed by atoms with Crippen LogP contribution >= 0.6 is 11.8 Å². The van der Waals surface area contributed by atoms with Gasteiger partial charge in [-0.15, -0.1) is 11.8 Å². The number of hydrogen-bond donors (Lipinski definition) is 0.